The van der Waals surface area contributed by atoms with E-state index in [2.05, 4.69) is 0 Å². The summed E-state index contributed by atoms with van der Waals surface area (Å²) >= 11 is 0. The fraction of sp³-hybridized carbons (Fsp3) is 0.875. The van der Waals surface area contributed by atoms with Crippen molar-refractivity contribution in [3.8, 4) is 6.07 Å². The van der Waals surface area contributed by atoms with Gasteiger partial charge in [-0.05, 0) is 20.3 Å². The molecule has 0 saturated heterocycles. The van der Waals surface area contributed by atoms with Gasteiger partial charge in [0.1, 0.15) is 0 Å². The first kappa shape index (κ1) is 12.4. The van der Waals surface area contributed by atoms with Gasteiger partial charge >= 0.3 is 0 Å². The van der Waals surface area contributed by atoms with Crippen molar-refractivity contribution in [2.45, 2.75) is 32.7 Å². The standard InChI is InChI=1S/C8H16N2O2S/c1-5-8(2,3)10(4)13(11,12)7-6-9/h5,7H2,1-4H3. The number of hydrogen-bond donors (Lipinski definition) is 0. The van der Waals surface area contributed by atoms with Gasteiger partial charge < -0.3 is 0 Å². The highest BCUT2D eigenvalue weighted by Gasteiger charge is 2.30. The molecule has 0 aromatic rings. The molecule has 0 unspecified atom stereocenters. The third-order valence-electron chi connectivity index (χ3n) is 2.38. The molecule has 0 amide bonds. The van der Waals surface area contributed by atoms with Gasteiger partial charge in [-0.2, -0.15) is 9.57 Å². The minimum Gasteiger partial charge on any atom is -0.211 e. The summed E-state index contributed by atoms with van der Waals surface area (Å²) in [5.41, 5.74) is -0.421. The molecule has 5 heteroatoms. The van der Waals surface area contributed by atoms with Crippen LogP contribution in [0.15, 0.2) is 0 Å². The van der Waals surface area contributed by atoms with Crippen molar-refractivity contribution in [3.63, 3.8) is 0 Å². The van der Waals surface area contributed by atoms with Crippen molar-refractivity contribution >= 4 is 10.0 Å². The van der Waals surface area contributed by atoms with Crippen LogP contribution in [0.5, 0.6) is 0 Å². The smallest absolute Gasteiger partial charge is 0.211 e. The van der Waals surface area contributed by atoms with Gasteiger partial charge in [0.05, 0.1) is 6.07 Å². The average molecular weight is 204 g/mol. The predicted octanol–water partition coefficient (Wildman–Crippen LogP) is 0.960. The molecule has 4 nitrogen and oxygen atoms in total. The van der Waals surface area contributed by atoms with E-state index in [9.17, 15) is 8.42 Å². The monoisotopic (exact) mass is 204 g/mol. The maximum absolute atomic E-state index is 11.4. The van der Waals surface area contributed by atoms with E-state index in [4.69, 9.17) is 5.26 Å². The molecule has 0 rings (SSSR count). The van der Waals surface area contributed by atoms with Gasteiger partial charge in [-0.3, -0.25) is 0 Å². The summed E-state index contributed by atoms with van der Waals surface area (Å²) in [6, 6.07) is 1.66. The van der Waals surface area contributed by atoms with Gasteiger partial charge in [-0.15, -0.1) is 0 Å². The summed E-state index contributed by atoms with van der Waals surface area (Å²) in [4.78, 5) is 0. The Labute approximate surface area is 80.2 Å². The Morgan fingerprint density at radius 3 is 2.23 bits per heavy atom. The number of nitriles is 1. The summed E-state index contributed by atoms with van der Waals surface area (Å²) in [6.45, 7) is 5.59. The molecule has 0 N–H and O–H groups in total. The Kier molecular flexibility index (Phi) is 3.88. The lowest BCUT2D eigenvalue weighted by molar-refractivity contribution is 0.258. The van der Waals surface area contributed by atoms with Gasteiger partial charge in [-0.1, -0.05) is 6.92 Å². The van der Waals surface area contributed by atoms with Crippen molar-refractivity contribution in [2.24, 2.45) is 0 Å². The summed E-state index contributed by atoms with van der Waals surface area (Å²) in [5, 5.41) is 8.33. The van der Waals surface area contributed by atoms with Crippen molar-refractivity contribution in [1.82, 2.24) is 4.31 Å². The first-order valence-electron chi connectivity index (χ1n) is 4.11. The van der Waals surface area contributed by atoms with E-state index < -0.39 is 21.3 Å². The summed E-state index contributed by atoms with van der Waals surface area (Å²) in [5.74, 6) is -0.451. The molecule has 0 radical (unpaired) electrons. The highest BCUT2D eigenvalue weighted by molar-refractivity contribution is 7.89. The summed E-state index contributed by atoms with van der Waals surface area (Å²) < 4.78 is 24.1. The molecular weight excluding hydrogens is 188 g/mol. The van der Waals surface area contributed by atoms with Crippen molar-refractivity contribution in [3.05, 3.63) is 0 Å². The number of sulfonamides is 1. The van der Waals surface area contributed by atoms with E-state index >= 15 is 0 Å². The SMILES string of the molecule is CCC(C)(C)N(C)S(=O)(=O)CC#N. The Hall–Kier alpha value is -0.600. The van der Waals surface area contributed by atoms with Gasteiger partial charge in [0.15, 0.2) is 5.75 Å². The second kappa shape index (κ2) is 4.07. The third-order valence-corrected chi connectivity index (χ3v) is 4.20. The van der Waals surface area contributed by atoms with Crippen LogP contribution < -0.4 is 0 Å². The molecule has 0 heterocycles. The van der Waals surface area contributed by atoms with Crippen LogP contribution in [0.25, 0.3) is 0 Å². The van der Waals surface area contributed by atoms with E-state index in [0.717, 1.165) is 0 Å². The zero-order valence-corrected chi connectivity index (χ0v) is 9.35. The molecule has 0 aliphatic rings. The highest BCUT2D eigenvalue weighted by Crippen LogP contribution is 2.19. The predicted molar refractivity (Wildman–Crippen MR) is 51.5 cm³/mol. The number of rotatable bonds is 4. The quantitative estimate of drug-likeness (QED) is 0.685. The van der Waals surface area contributed by atoms with Gasteiger partial charge in [0.2, 0.25) is 10.0 Å². The highest BCUT2D eigenvalue weighted by atomic mass is 32.2. The first-order valence-corrected chi connectivity index (χ1v) is 5.72. The number of hydrogen-bond acceptors (Lipinski definition) is 3. The molecule has 0 atom stereocenters. The Bertz CT molecular complexity index is 301. The number of nitrogens with zero attached hydrogens (tertiary/aromatic N) is 2. The van der Waals surface area contributed by atoms with E-state index in [1.807, 2.05) is 20.8 Å². The minimum absolute atomic E-state index is 0.421. The van der Waals surface area contributed by atoms with Crippen LogP contribution in [0.3, 0.4) is 0 Å². The fourth-order valence-electron chi connectivity index (χ4n) is 0.778. The molecule has 0 aromatic carbocycles. The summed E-state index contributed by atoms with van der Waals surface area (Å²) in [6.07, 6.45) is 0.716. The molecule has 0 aromatic heterocycles. The normalized spacial score (nSPS) is 12.9. The van der Waals surface area contributed by atoms with Gasteiger partial charge in [0.25, 0.3) is 0 Å². The molecule has 0 spiro atoms. The topological polar surface area (TPSA) is 61.2 Å². The zero-order valence-electron chi connectivity index (χ0n) is 8.53. The van der Waals surface area contributed by atoms with Crippen LogP contribution in [0.4, 0.5) is 0 Å². The van der Waals surface area contributed by atoms with Crippen LogP contribution in [-0.4, -0.2) is 31.1 Å². The maximum atomic E-state index is 11.4. The average Bonchev–Trinajstić information content (AvgIpc) is 2.03. The van der Waals surface area contributed by atoms with Crippen LogP contribution in [0.2, 0.25) is 0 Å². The molecular formula is C8H16N2O2S. The van der Waals surface area contributed by atoms with Crippen molar-refractivity contribution < 1.29 is 8.42 Å². The lowest BCUT2D eigenvalue weighted by atomic mass is 10.0. The van der Waals surface area contributed by atoms with E-state index in [1.54, 1.807) is 6.07 Å². The lowest BCUT2D eigenvalue weighted by Crippen LogP contribution is -2.45. The second-order valence-corrected chi connectivity index (χ2v) is 5.55. The van der Waals surface area contributed by atoms with Crippen molar-refractivity contribution in [2.75, 3.05) is 12.8 Å². The lowest BCUT2D eigenvalue weighted by Gasteiger charge is -2.32. The second-order valence-electron chi connectivity index (χ2n) is 3.55. The maximum Gasteiger partial charge on any atom is 0.227 e. The fourth-order valence-corrected chi connectivity index (χ4v) is 2.02. The van der Waals surface area contributed by atoms with Crippen LogP contribution >= 0.6 is 0 Å². The van der Waals surface area contributed by atoms with Crippen LogP contribution in [0, 0.1) is 11.3 Å². The van der Waals surface area contributed by atoms with Crippen LogP contribution in [0.1, 0.15) is 27.2 Å². The van der Waals surface area contributed by atoms with Gasteiger partial charge in [0, 0.05) is 12.6 Å². The van der Waals surface area contributed by atoms with Crippen molar-refractivity contribution in [1.29, 1.82) is 5.26 Å². The largest absolute Gasteiger partial charge is 0.227 e. The Balaban J connectivity index is 4.81. The van der Waals surface area contributed by atoms with Crippen LogP contribution in [-0.2, 0) is 10.0 Å². The molecule has 0 aliphatic heterocycles. The molecule has 0 fully saturated rings. The minimum atomic E-state index is -3.41. The molecule has 0 aliphatic carbocycles. The van der Waals surface area contributed by atoms with E-state index in [-0.39, 0.29) is 0 Å². The molecule has 76 valence electrons. The third kappa shape index (κ3) is 2.98. The van der Waals surface area contributed by atoms with E-state index in [1.165, 1.54) is 11.4 Å². The molecule has 13 heavy (non-hydrogen) atoms. The molecule has 0 bridgehead atoms. The van der Waals surface area contributed by atoms with E-state index in [0.29, 0.717) is 6.42 Å². The Morgan fingerprint density at radius 1 is 1.46 bits per heavy atom. The Morgan fingerprint density at radius 2 is 1.92 bits per heavy atom. The summed E-state index contributed by atoms with van der Waals surface area (Å²) in [7, 11) is -1.90. The first-order chi connectivity index (χ1) is 5.78. The molecule has 0 saturated carbocycles. The van der Waals surface area contributed by atoms with Gasteiger partial charge in [-0.25, -0.2) is 8.42 Å². The zero-order chi connectivity index (χ0) is 10.7.